The molecule has 0 heterocycles. The molecule has 2 aromatic rings. The summed E-state index contributed by atoms with van der Waals surface area (Å²) in [6, 6.07) is 21.8. The zero-order valence-electron chi connectivity index (χ0n) is 12.3. The second kappa shape index (κ2) is 8.56. The number of hydrogen-bond acceptors (Lipinski definition) is 0. The Kier molecular flexibility index (Phi) is 6.71. The second-order valence-electron chi connectivity index (χ2n) is 5.40. The van der Waals surface area contributed by atoms with Gasteiger partial charge in [0, 0.05) is 0 Å². The van der Waals surface area contributed by atoms with Gasteiger partial charge in [-0.3, -0.25) is 0 Å². The Balaban J connectivity index is 1.71. The molecule has 0 aromatic heterocycles. The molecule has 0 saturated carbocycles. The van der Waals surface area contributed by atoms with Gasteiger partial charge in [-0.15, -0.1) is 0 Å². The minimum Gasteiger partial charge on any atom is -0.0875 e. The van der Waals surface area contributed by atoms with Crippen LogP contribution in [0.2, 0.25) is 0 Å². The fourth-order valence-corrected chi connectivity index (χ4v) is 4.81. The van der Waals surface area contributed by atoms with Crippen molar-refractivity contribution in [1.82, 2.24) is 0 Å². The van der Waals surface area contributed by atoms with E-state index in [9.17, 15) is 0 Å². The summed E-state index contributed by atoms with van der Waals surface area (Å²) in [6.07, 6.45) is 2.68. The highest BCUT2D eigenvalue weighted by Crippen LogP contribution is 2.28. The highest BCUT2D eigenvalue weighted by Gasteiger charge is 2.08. The van der Waals surface area contributed by atoms with Crippen LogP contribution in [0.1, 0.15) is 26.7 Å². The fourth-order valence-electron chi connectivity index (χ4n) is 2.28. The van der Waals surface area contributed by atoms with Crippen molar-refractivity contribution in [3.8, 4) is 0 Å². The van der Waals surface area contributed by atoms with Crippen LogP contribution in [-0.4, -0.2) is 11.3 Å². The Morgan fingerprint density at radius 2 is 1.00 bits per heavy atom. The third-order valence-electron chi connectivity index (χ3n) is 3.41. The quantitative estimate of drug-likeness (QED) is 0.658. The second-order valence-corrected chi connectivity index (χ2v) is 9.10. The lowest BCUT2D eigenvalue weighted by molar-refractivity contribution is 0.721. The van der Waals surface area contributed by atoms with Crippen molar-refractivity contribution in [2.75, 3.05) is 0 Å². The number of hydrogen-bond donors (Lipinski definition) is 0. The smallest absolute Gasteiger partial charge is 0.0225 e. The Bertz CT molecular complexity index is 434. The molecule has 0 nitrogen and oxygen atoms in total. The summed E-state index contributed by atoms with van der Waals surface area (Å²) in [5, 5.41) is 3.00. The van der Waals surface area contributed by atoms with Crippen LogP contribution in [0, 0.1) is 0 Å². The maximum atomic E-state index is 2.39. The van der Waals surface area contributed by atoms with E-state index in [1.54, 1.807) is 0 Å². The molecule has 0 aliphatic rings. The van der Waals surface area contributed by atoms with Gasteiger partial charge >= 0.3 is 0 Å². The van der Waals surface area contributed by atoms with Crippen molar-refractivity contribution in [2.45, 2.75) is 38.0 Å². The molecule has 2 aromatic carbocycles. The molecule has 0 fully saturated rings. The zero-order chi connectivity index (χ0) is 14.2. The first-order chi connectivity index (χ1) is 9.74. The van der Waals surface area contributed by atoms with Crippen LogP contribution in [0.15, 0.2) is 60.7 Å². The first kappa shape index (κ1) is 15.7. The molecule has 2 rings (SSSR count). The predicted molar refractivity (Wildman–Crippen MR) is 96.9 cm³/mol. The van der Waals surface area contributed by atoms with Gasteiger partial charge in [-0.2, -0.15) is 0 Å². The van der Waals surface area contributed by atoms with Crippen LogP contribution in [0.3, 0.4) is 0 Å². The fraction of sp³-hybridized carbons (Fsp3) is 0.333. The van der Waals surface area contributed by atoms with Crippen molar-refractivity contribution < 1.29 is 0 Å². The molecule has 0 radical (unpaired) electrons. The molecular formula is C18H24P2. The molecule has 0 aliphatic carbocycles. The van der Waals surface area contributed by atoms with E-state index < -0.39 is 0 Å². The third kappa shape index (κ3) is 5.74. The van der Waals surface area contributed by atoms with Gasteiger partial charge < -0.3 is 0 Å². The molecule has 4 atom stereocenters. The van der Waals surface area contributed by atoms with Crippen LogP contribution in [0.25, 0.3) is 0 Å². The molecule has 20 heavy (non-hydrogen) atoms. The third-order valence-corrected chi connectivity index (χ3v) is 6.30. The van der Waals surface area contributed by atoms with E-state index in [0.717, 1.165) is 28.5 Å². The number of rotatable bonds is 7. The van der Waals surface area contributed by atoms with Gasteiger partial charge in [0.05, 0.1) is 0 Å². The molecule has 0 bridgehead atoms. The van der Waals surface area contributed by atoms with Gasteiger partial charge in [0.1, 0.15) is 0 Å². The van der Waals surface area contributed by atoms with Crippen LogP contribution in [-0.2, 0) is 0 Å². The Morgan fingerprint density at radius 3 is 1.35 bits per heavy atom. The van der Waals surface area contributed by atoms with Gasteiger partial charge in [-0.05, 0) is 34.8 Å². The monoisotopic (exact) mass is 302 g/mol. The van der Waals surface area contributed by atoms with E-state index in [1.807, 2.05) is 0 Å². The lowest BCUT2D eigenvalue weighted by Gasteiger charge is -2.16. The molecule has 2 heteroatoms. The summed E-state index contributed by atoms with van der Waals surface area (Å²) in [6.45, 7) is 4.79. The largest absolute Gasteiger partial charge is 0.0875 e. The summed E-state index contributed by atoms with van der Waals surface area (Å²) >= 11 is 0. The van der Waals surface area contributed by atoms with Crippen molar-refractivity contribution in [2.24, 2.45) is 0 Å². The van der Waals surface area contributed by atoms with E-state index in [-0.39, 0.29) is 0 Å². The topological polar surface area (TPSA) is 0 Å². The molecule has 0 N–H and O–H groups in total. The summed E-state index contributed by atoms with van der Waals surface area (Å²) in [5.74, 6) is 0. The average Bonchev–Trinajstić information content (AvgIpc) is 2.47. The SMILES string of the molecule is CC(CCC(C)Pc1ccccc1)Pc1ccccc1. The molecular weight excluding hydrogens is 278 g/mol. The highest BCUT2D eigenvalue weighted by molar-refractivity contribution is 7.48. The standard InChI is InChI=1S/C18H24P2/c1-15(19-17-9-5-3-6-10-17)13-14-16(2)20-18-11-7-4-8-12-18/h3-12,15-16,19-20H,13-14H2,1-2H3. The average molecular weight is 302 g/mol. The van der Waals surface area contributed by atoms with Crippen molar-refractivity contribution in [3.63, 3.8) is 0 Å². The van der Waals surface area contributed by atoms with E-state index in [2.05, 4.69) is 74.5 Å². The summed E-state index contributed by atoms with van der Waals surface area (Å²) in [4.78, 5) is 0. The maximum absolute atomic E-state index is 2.39. The van der Waals surface area contributed by atoms with Gasteiger partial charge in [0.2, 0.25) is 0 Å². The molecule has 0 spiro atoms. The first-order valence-electron chi connectivity index (χ1n) is 7.37. The minimum atomic E-state index is 0.806. The predicted octanol–water partition coefficient (Wildman–Crippen LogP) is 4.55. The van der Waals surface area contributed by atoms with E-state index in [4.69, 9.17) is 0 Å². The highest BCUT2D eigenvalue weighted by atomic mass is 31.1. The maximum Gasteiger partial charge on any atom is -0.0225 e. The minimum absolute atomic E-state index is 0.806. The summed E-state index contributed by atoms with van der Waals surface area (Å²) < 4.78 is 0. The van der Waals surface area contributed by atoms with Crippen molar-refractivity contribution >= 4 is 27.8 Å². The van der Waals surface area contributed by atoms with E-state index >= 15 is 0 Å². The van der Waals surface area contributed by atoms with Crippen molar-refractivity contribution in [3.05, 3.63) is 60.7 Å². The Labute approximate surface area is 127 Å². The van der Waals surface area contributed by atoms with Crippen LogP contribution < -0.4 is 10.6 Å². The van der Waals surface area contributed by atoms with Gasteiger partial charge in [0.15, 0.2) is 0 Å². The van der Waals surface area contributed by atoms with E-state index in [1.165, 1.54) is 23.5 Å². The Hall–Kier alpha value is -0.700. The lowest BCUT2D eigenvalue weighted by Crippen LogP contribution is -2.07. The molecule has 4 unspecified atom stereocenters. The van der Waals surface area contributed by atoms with Crippen molar-refractivity contribution in [1.29, 1.82) is 0 Å². The lowest BCUT2D eigenvalue weighted by atomic mass is 10.2. The van der Waals surface area contributed by atoms with E-state index in [0.29, 0.717) is 0 Å². The van der Waals surface area contributed by atoms with Gasteiger partial charge in [0.25, 0.3) is 0 Å². The first-order valence-corrected chi connectivity index (χ1v) is 9.52. The summed E-state index contributed by atoms with van der Waals surface area (Å²) in [5.41, 5.74) is 1.61. The zero-order valence-corrected chi connectivity index (χ0v) is 14.3. The molecule has 0 saturated heterocycles. The molecule has 0 aliphatic heterocycles. The summed E-state index contributed by atoms with van der Waals surface area (Å²) in [7, 11) is 1.90. The van der Waals surface area contributed by atoms with Crippen LogP contribution in [0.4, 0.5) is 0 Å². The van der Waals surface area contributed by atoms with Crippen LogP contribution in [0.5, 0.6) is 0 Å². The van der Waals surface area contributed by atoms with Gasteiger partial charge in [-0.1, -0.05) is 91.7 Å². The van der Waals surface area contributed by atoms with Crippen LogP contribution >= 0.6 is 17.2 Å². The Morgan fingerprint density at radius 1 is 0.650 bits per heavy atom. The normalized spacial score (nSPS) is 15.1. The number of benzene rings is 2. The molecule has 106 valence electrons. The molecule has 0 amide bonds. The van der Waals surface area contributed by atoms with Gasteiger partial charge in [-0.25, -0.2) is 0 Å².